The van der Waals surface area contributed by atoms with Crippen LogP contribution in [0.3, 0.4) is 0 Å². The summed E-state index contributed by atoms with van der Waals surface area (Å²) in [7, 11) is 0. The summed E-state index contributed by atoms with van der Waals surface area (Å²) in [6, 6.07) is 14.5. The largest absolute Gasteiger partial charge is 0.348 e. The van der Waals surface area contributed by atoms with Crippen molar-refractivity contribution in [3.8, 4) is 0 Å². The molecule has 41 heavy (non-hydrogen) atoms. The van der Waals surface area contributed by atoms with Crippen LogP contribution < -0.4 is 5.32 Å². The zero-order chi connectivity index (χ0) is 28.9. The maximum atomic E-state index is 13.3. The average Bonchev–Trinajstić information content (AvgIpc) is 3.29. The Balaban J connectivity index is 1.12. The van der Waals surface area contributed by atoms with Crippen LogP contribution in [0.25, 0.3) is 6.08 Å². The van der Waals surface area contributed by atoms with E-state index in [1.165, 1.54) is 6.08 Å². The topological polar surface area (TPSA) is 82.6 Å². The number of rotatable bonds is 6. The molecule has 0 aliphatic carbocycles. The van der Waals surface area contributed by atoms with Gasteiger partial charge in [-0.1, -0.05) is 41.4 Å². The van der Waals surface area contributed by atoms with Gasteiger partial charge in [0.05, 0.1) is 10.0 Å². The molecule has 2 saturated heterocycles. The van der Waals surface area contributed by atoms with Gasteiger partial charge in [0.15, 0.2) is 0 Å². The molecule has 7 nitrogen and oxygen atoms in total. The van der Waals surface area contributed by atoms with Gasteiger partial charge in [0.25, 0.3) is 11.8 Å². The number of carbonyl (C=O) groups excluding carboxylic acids is 3. The SMILES string of the molecule is Cc1cc(Cl)c(Cl)cc1C(=O)N1CC[C@@H]2CN(C(=O)c3ccc(CNC(=O)/C=C/c4cccnc4)cc3)C[C@@H]2CC1. The molecule has 0 spiro atoms. The van der Waals surface area contributed by atoms with Crippen LogP contribution in [0.2, 0.25) is 10.0 Å². The molecular weight excluding hydrogens is 559 g/mol. The molecule has 1 N–H and O–H groups in total. The summed E-state index contributed by atoms with van der Waals surface area (Å²) in [6.45, 7) is 4.93. The Labute approximate surface area is 250 Å². The predicted molar refractivity (Wildman–Crippen MR) is 161 cm³/mol. The summed E-state index contributed by atoms with van der Waals surface area (Å²) in [6.07, 6.45) is 8.27. The molecule has 2 aliphatic heterocycles. The van der Waals surface area contributed by atoms with Crippen molar-refractivity contribution < 1.29 is 14.4 Å². The van der Waals surface area contributed by atoms with Crippen LogP contribution in [0.15, 0.2) is 67.0 Å². The first-order valence-electron chi connectivity index (χ1n) is 13.8. The Kier molecular flexibility index (Phi) is 9.06. The van der Waals surface area contributed by atoms with Crippen LogP contribution in [0.4, 0.5) is 0 Å². The van der Waals surface area contributed by atoms with Crippen LogP contribution in [0.5, 0.6) is 0 Å². The smallest absolute Gasteiger partial charge is 0.254 e. The van der Waals surface area contributed by atoms with E-state index in [0.29, 0.717) is 65.7 Å². The molecule has 0 saturated carbocycles. The lowest BCUT2D eigenvalue weighted by atomic mass is 9.92. The molecule has 2 aromatic carbocycles. The summed E-state index contributed by atoms with van der Waals surface area (Å²) in [5.74, 6) is 0.529. The number of pyridine rings is 1. The molecule has 212 valence electrons. The van der Waals surface area contributed by atoms with E-state index in [2.05, 4.69) is 10.3 Å². The molecule has 3 heterocycles. The van der Waals surface area contributed by atoms with Crippen molar-refractivity contribution in [3.63, 3.8) is 0 Å². The normalized spacial score (nSPS) is 18.7. The quantitative estimate of drug-likeness (QED) is 0.376. The number of aromatic nitrogens is 1. The number of hydrogen-bond donors (Lipinski definition) is 1. The molecular formula is C32H32Cl2N4O3. The van der Waals surface area contributed by atoms with Gasteiger partial charge in [-0.2, -0.15) is 0 Å². The van der Waals surface area contributed by atoms with Crippen molar-refractivity contribution in [2.24, 2.45) is 11.8 Å². The molecule has 3 amide bonds. The molecule has 9 heteroatoms. The second-order valence-corrected chi connectivity index (χ2v) is 11.5. The molecule has 2 fully saturated rings. The number of fused-ring (bicyclic) bond motifs is 1. The first-order valence-corrected chi connectivity index (χ1v) is 14.5. The first kappa shape index (κ1) is 28.8. The van der Waals surface area contributed by atoms with Crippen LogP contribution in [0, 0.1) is 18.8 Å². The highest BCUT2D eigenvalue weighted by Gasteiger charge is 2.38. The molecule has 5 rings (SSSR count). The fourth-order valence-corrected chi connectivity index (χ4v) is 5.99. The molecule has 0 radical (unpaired) electrons. The maximum Gasteiger partial charge on any atom is 0.254 e. The third-order valence-corrected chi connectivity index (χ3v) is 8.69. The van der Waals surface area contributed by atoms with Crippen molar-refractivity contribution >= 4 is 47.0 Å². The highest BCUT2D eigenvalue weighted by molar-refractivity contribution is 6.42. The van der Waals surface area contributed by atoms with E-state index in [1.54, 1.807) is 30.6 Å². The molecule has 1 aromatic heterocycles. The minimum absolute atomic E-state index is 0.0187. The summed E-state index contributed by atoms with van der Waals surface area (Å²) in [4.78, 5) is 46.5. The monoisotopic (exact) mass is 590 g/mol. The number of likely N-dealkylation sites (tertiary alicyclic amines) is 2. The number of nitrogens with one attached hydrogen (secondary N) is 1. The fraction of sp³-hybridized carbons (Fsp3) is 0.312. The Morgan fingerprint density at radius 2 is 1.63 bits per heavy atom. The van der Waals surface area contributed by atoms with E-state index < -0.39 is 0 Å². The third kappa shape index (κ3) is 6.97. The van der Waals surface area contributed by atoms with E-state index in [0.717, 1.165) is 29.5 Å². The van der Waals surface area contributed by atoms with Gasteiger partial charge < -0.3 is 15.1 Å². The zero-order valence-electron chi connectivity index (χ0n) is 22.9. The Morgan fingerprint density at radius 1 is 0.951 bits per heavy atom. The minimum Gasteiger partial charge on any atom is -0.348 e. The number of amides is 3. The standard InChI is InChI=1S/C32H32Cl2N4O3/c1-21-15-28(33)29(34)16-27(21)32(41)37-13-10-25-19-38(20-26(25)11-14-37)31(40)24-7-4-23(5-8-24)18-36-30(39)9-6-22-3-2-12-35-17-22/h2-9,12,15-17,25-26H,10-11,13-14,18-20H2,1H3,(H,36,39)/b9-6+/t25-,26+. The van der Waals surface area contributed by atoms with Gasteiger partial charge in [-0.05, 0) is 84.7 Å². The van der Waals surface area contributed by atoms with Gasteiger partial charge in [-0.25, -0.2) is 0 Å². The lowest BCUT2D eigenvalue weighted by molar-refractivity contribution is -0.116. The summed E-state index contributed by atoms with van der Waals surface area (Å²) in [5, 5.41) is 3.69. The summed E-state index contributed by atoms with van der Waals surface area (Å²) < 4.78 is 0. The van der Waals surface area contributed by atoms with Crippen LogP contribution in [0.1, 0.15) is 50.2 Å². The molecule has 2 aliphatic rings. The molecule has 3 aromatic rings. The van der Waals surface area contributed by atoms with E-state index in [4.69, 9.17) is 23.2 Å². The lowest BCUT2D eigenvalue weighted by Crippen LogP contribution is -2.34. The summed E-state index contributed by atoms with van der Waals surface area (Å²) >= 11 is 12.3. The van der Waals surface area contributed by atoms with Gasteiger partial charge >= 0.3 is 0 Å². The fourth-order valence-electron chi connectivity index (χ4n) is 5.61. The second kappa shape index (κ2) is 12.9. The van der Waals surface area contributed by atoms with Gasteiger partial charge in [-0.3, -0.25) is 19.4 Å². The Bertz CT molecular complexity index is 1440. The Morgan fingerprint density at radius 3 is 2.29 bits per heavy atom. The van der Waals surface area contributed by atoms with E-state index in [9.17, 15) is 14.4 Å². The van der Waals surface area contributed by atoms with Crippen molar-refractivity contribution in [1.29, 1.82) is 0 Å². The second-order valence-electron chi connectivity index (χ2n) is 10.7. The maximum absolute atomic E-state index is 13.3. The van der Waals surface area contributed by atoms with E-state index in [-0.39, 0.29) is 17.7 Å². The zero-order valence-corrected chi connectivity index (χ0v) is 24.4. The highest BCUT2D eigenvalue weighted by atomic mass is 35.5. The van der Waals surface area contributed by atoms with E-state index in [1.807, 2.05) is 53.1 Å². The van der Waals surface area contributed by atoms with Crippen molar-refractivity contribution in [2.75, 3.05) is 26.2 Å². The number of aryl methyl sites for hydroxylation is 1. The van der Waals surface area contributed by atoms with E-state index >= 15 is 0 Å². The van der Waals surface area contributed by atoms with Crippen molar-refractivity contribution in [1.82, 2.24) is 20.1 Å². The Hall–Kier alpha value is -3.68. The summed E-state index contributed by atoms with van der Waals surface area (Å²) in [5.41, 5.74) is 3.81. The van der Waals surface area contributed by atoms with Crippen LogP contribution in [-0.2, 0) is 11.3 Å². The molecule has 0 unspecified atom stereocenters. The van der Waals surface area contributed by atoms with Crippen molar-refractivity contribution in [2.45, 2.75) is 26.3 Å². The number of nitrogens with zero attached hydrogens (tertiary/aromatic N) is 3. The number of benzene rings is 2. The van der Waals surface area contributed by atoms with Crippen molar-refractivity contribution in [3.05, 3.63) is 105 Å². The first-order chi connectivity index (χ1) is 19.8. The highest BCUT2D eigenvalue weighted by Crippen LogP contribution is 2.34. The number of carbonyl (C=O) groups is 3. The lowest BCUT2D eigenvalue weighted by Gasteiger charge is -2.23. The predicted octanol–water partition coefficient (Wildman–Crippen LogP) is 5.65. The van der Waals surface area contributed by atoms with Crippen LogP contribution in [-0.4, -0.2) is 58.7 Å². The third-order valence-electron chi connectivity index (χ3n) is 7.97. The van der Waals surface area contributed by atoms with Gasteiger partial charge in [-0.15, -0.1) is 0 Å². The van der Waals surface area contributed by atoms with Gasteiger partial charge in [0.2, 0.25) is 5.91 Å². The number of halogens is 2. The van der Waals surface area contributed by atoms with Gasteiger partial charge in [0.1, 0.15) is 0 Å². The minimum atomic E-state index is -0.197. The molecule has 0 bridgehead atoms. The molecule has 2 atom stereocenters. The van der Waals surface area contributed by atoms with Crippen LogP contribution >= 0.6 is 23.2 Å². The average molecular weight is 592 g/mol. The van der Waals surface area contributed by atoms with Gasteiger partial charge in [0, 0.05) is 62.3 Å². The number of hydrogen-bond acceptors (Lipinski definition) is 4.